The highest BCUT2D eigenvalue weighted by molar-refractivity contribution is 6.42. The molecule has 1 aliphatic rings. The van der Waals surface area contributed by atoms with E-state index in [0.717, 1.165) is 0 Å². The Hall–Kier alpha value is -1.59. The molecule has 19 heavy (non-hydrogen) atoms. The predicted molar refractivity (Wildman–Crippen MR) is 71.4 cm³/mol. The average Bonchev–Trinajstić information content (AvgIpc) is 2.84. The first-order valence-corrected chi connectivity index (χ1v) is 6.51. The van der Waals surface area contributed by atoms with Crippen LogP contribution in [0.15, 0.2) is 30.6 Å². The van der Waals surface area contributed by atoms with Crippen LogP contribution in [0.3, 0.4) is 0 Å². The number of carbonyl (C=O) groups is 1. The van der Waals surface area contributed by atoms with Crippen molar-refractivity contribution in [1.29, 1.82) is 0 Å². The second-order valence-corrected chi connectivity index (χ2v) is 5.19. The molecule has 7 heteroatoms. The van der Waals surface area contributed by atoms with Crippen molar-refractivity contribution in [3.8, 4) is 0 Å². The van der Waals surface area contributed by atoms with Crippen molar-refractivity contribution in [3.63, 3.8) is 0 Å². The number of amides is 1. The number of rotatable bonds is 2. The molecule has 2 aromatic rings. The van der Waals surface area contributed by atoms with Gasteiger partial charge in [0, 0.05) is 24.8 Å². The standard InChI is InChI=1S/C12H10Cl2N4O/c13-10-2-1-8(5-11(10)14)12(19)17-6-9(7-17)18-4-3-15-16-18/h1-5,9H,6-7H2. The lowest BCUT2D eigenvalue weighted by Gasteiger charge is -2.38. The van der Waals surface area contributed by atoms with Gasteiger partial charge in [0.25, 0.3) is 5.91 Å². The summed E-state index contributed by atoms with van der Waals surface area (Å²) in [5.41, 5.74) is 0.548. The summed E-state index contributed by atoms with van der Waals surface area (Å²) in [5.74, 6) is -0.0464. The molecule has 0 unspecified atom stereocenters. The first kappa shape index (κ1) is 12.4. The lowest BCUT2D eigenvalue weighted by molar-refractivity contribution is 0.0498. The minimum absolute atomic E-state index is 0.0464. The maximum atomic E-state index is 12.2. The van der Waals surface area contributed by atoms with E-state index >= 15 is 0 Å². The minimum atomic E-state index is -0.0464. The Balaban J connectivity index is 1.68. The fourth-order valence-electron chi connectivity index (χ4n) is 2.01. The molecule has 0 atom stereocenters. The highest BCUT2D eigenvalue weighted by atomic mass is 35.5. The number of nitrogens with zero attached hydrogens (tertiary/aromatic N) is 4. The fraction of sp³-hybridized carbons (Fsp3) is 0.250. The SMILES string of the molecule is O=C(c1ccc(Cl)c(Cl)c1)N1CC(n2ccnn2)C1. The second kappa shape index (κ2) is 4.83. The van der Waals surface area contributed by atoms with Crippen LogP contribution < -0.4 is 0 Å². The number of carbonyl (C=O) groups excluding carboxylic acids is 1. The zero-order chi connectivity index (χ0) is 13.4. The molecule has 5 nitrogen and oxygen atoms in total. The van der Waals surface area contributed by atoms with Gasteiger partial charge in [-0.05, 0) is 18.2 Å². The van der Waals surface area contributed by atoms with E-state index in [1.165, 1.54) is 0 Å². The molecule has 0 spiro atoms. The van der Waals surface area contributed by atoms with Crippen LogP contribution in [-0.2, 0) is 0 Å². The third kappa shape index (κ3) is 2.31. The molecular formula is C12H10Cl2N4O. The van der Waals surface area contributed by atoms with Gasteiger partial charge in [0.05, 0.1) is 22.3 Å². The number of halogens is 2. The quantitative estimate of drug-likeness (QED) is 0.854. The van der Waals surface area contributed by atoms with E-state index in [1.807, 2.05) is 0 Å². The monoisotopic (exact) mass is 296 g/mol. The average molecular weight is 297 g/mol. The molecule has 98 valence electrons. The van der Waals surface area contributed by atoms with Crippen LogP contribution in [0.2, 0.25) is 10.0 Å². The van der Waals surface area contributed by atoms with Gasteiger partial charge < -0.3 is 4.90 Å². The normalized spacial score (nSPS) is 15.4. The van der Waals surface area contributed by atoms with Crippen molar-refractivity contribution in [2.24, 2.45) is 0 Å². The summed E-state index contributed by atoms with van der Waals surface area (Å²) >= 11 is 11.7. The lowest BCUT2D eigenvalue weighted by atomic mass is 10.1. The Kier molecular flexibility index (Phi) is 3.16. The van der Waals surface area contributed by atoms with E-state index in [4.69, 9.17) is 23.2 Å². The van der Waals surface area contributed by atoms with Gasteiger partial charge in [-0.1, -0.05) is 28.4 Å². The lowest BCUT2D eigenvalue weighted by Crippen LogP contribution is -2.50. The Morgan fingerprint density at radius 2 is 2.05 bits per heavy atom. The molecule has 1 aliphatic heterocycles. The zero-order valence-corrected chi connectivity index (χ0v) is 11.3. The van der Waals surface area contributed by atoms with E-state index in [1.54, 1.807) is 40.2 Å². The number of hydrogen-bond donors (Lipinski definition) is 0. The van der Waals surface area contributed by atoms with Crippen LogP contribution in [0.4, 0.5) is 0 Å². The number of benzene rings is 1. The number of likely N-dealkylation sites (tertiary alicyclic amines) is 1. The summed E-state index contributed by atoms with van der Waals surface area (Å²) in [6.07, 6.45) is 3.43. The van der Waals surface area contributed by atoms with Gasteiger partial charge in [0.15, 0.2) is 0 Å². The van der Waals surface area contributed by atoms with E-state index < -0.39 is 0 Å². The molecule has 0 bridgehead atoms. The van der Waals surface area contributed by atoms with Crippen LogP contribution in [-0.4, -0.2) is 38.9 Å². The third-order valence-corrected chi connectivity index (χ3v) is 3.87. The van der Waals surface area contributed by atoms with Crippen LogP contribution in [0, 0.1) is 0 Å². The molecule has 3 rings (SSSR count). The minimum Gasteiger partial charge on any atom is -0.334 e. The molecule has 1 saturated heterocycles. The van der Waals surface area contributed by atoms with E-state index in [2.05, 4.69) is 10.3 Å². The van der Waals surface area contributed by atoms with Crippen molar-refractivity contribution in [2.75, 3.05) is 13.1 Å². The summed E-state index contributed by atoms with van der Waals surface area (Å²) in [6.45, 7) is 1.25. The molecule has 0 radical (unpaired) electrons. The van der Waals surface area contributed by atoms with Crippen LogP contribution in [0.1, 0.15) is 16.4 Å². The van der Waals surface area contributed by atoms with E-state index in [9.17, 15) is 4.79 Å². The Morgan fingerprint density at radius 1 is 1.26 bits per heavy atom. The van der Waals surface area contributed by atoms with Crippen molar-refractivity contribution in [2.45, 2.75) is 6.04 Å². The second-order valence-electron chi connectivity index (χ2n) is 4.38. The highest BCUT2D eigenvalue weighted by Gasteiger charge is 2.32. The van der Waals surface area contributed by atoms with Crippen molar-refractivity contribution in [1.82, 2.24) is 19.9 Å². The molecular weight excluding hydrogens is 287 g/mol. The largest absolute Gasteiger partial charge is 0.334 e. The van der Waals surface area contributed by atoms with E-state index in [-0.39, 0.29) is 11.9 Å². The first-order chi connectivity index (χ1) is 9.15. The van der Waals surface area contributed by atoms with Gasteiger partial charge in [0.2, 0.25) is 0 Å². The highest BCUT2D eigenvalue weighted by Crippen LogP contribution is 2.26. The van der Waals surface area contributed by atoms with Crippen molar-refractivity contribution < 1.29 is 4.79 Å². The smallest absolute Gasteiger partial charge is 0.254 e. The van der Waals surface area contributed by atoms with Gasteiger partial charge in [-0.3, -0.25) is 4.79 Å². The Bertz CT molecular complexity index is 608. The fourth-order valence-corrected chi connectivity index (χ4v) is 2.31. The van der Waals surface area contributed by atoms with Crippen molar-refractivity contribution >= 4 is 29.1 Å². The summed E-state index contributed by atoms with van der Waals surface area (Å²) in [6, 6.07) is 5.11. The van der Waals surface area contributed by atoms with Gasteiger partial charge in [0.1, 0.15) is 0 Å². The summed E-state index contributed by atoms with van der Waals surface area (Å²) in [5, 5.41) is 8.51. The predicted octanol–water partition coefficient (Wildman–Crippen LogP) is 2.28. The zero-order valence-electron chi connectivity index (χ0n) is 9.83. The van der Waals surface area contributed by atoms with Crippen LogP contribution >= 0.6 is 23.2 Å². The number of aromatic nitrogens is 3. The van der Waals surface area contributed by atoms with Gasteiger partial charge in [-0.15, -0.1) is 5.10 Å². The van der Waals surface area contributed by atoms with Gasteiger partial charge >= 0.3 is 0 Å². The molecule has 1 amide bonds. The summed E-state index contributed by atoms with van der Waals surface area (Å²) < 4.78 is 1.76. The van der Waals surface area contributed by atoms with Crippen LogP contribution in [0.25, 0.3) is 0 Å². The van der Waals surface area contributed by atoms with E-state index in [0.29, 0.717) is 28.7 Å². The molecule has 0 aliphatic carbocycles. The van der Waals surface area contributed by atoms with Crippen LogP contribution in [0.5, 0.6) is 0 Å². The maximum absolute atomic E-state index is 12.2. The molecule has 0 N–H and O–H groups in total. The molecule has 1 aromatic heterocycles. The molecule has 1 aromatic carbocycles. The summed E-state index contributed by atoms with van der Waals surface area (Å²) in [4.78, 5) is 13.9. The van der Waals surface area contributed by atoms with Gasteiger partial charge in [-0.25, -0.2) is 4.68 Å². The topological polar surface area (TPSA) is 51.0 Å². The Morgan fingerprint density at radius 3 is 2.68 bits per heavy atom. The number of hydrogen-bond acceptors (Lipinski definition) is 3. The first-order valence-electron chi connectivity index (χ1n) is 5.75. The third-order valence-electron chi connectivity index (χ3n) is 3.13. The summed E-state index contributed by atoms with van der Waals surface area (Å²) in [7, 11) is 0. The Labute approximate surface area is 119 Å². The maximum Gasteiger partial charge on any atom is 0.254 e. The van der Waals surface area contributed by atoms with Crippen molar-refractivity contribution in [3.05, 3.63) is 46.2 Å². The van der Waals surface area contributed by atoms with Gasteiger partial charge in [-0.2, -0.15) is 0 Å². The molecule has 0 saturated carbocycles. The molecule has 2 heterocycles. The molecule has 1 fully saturated rings.